The molecule has 0 aromatic heterocycles. The third-order valence-corrected chi connectivity index (χ3v) is 2.55. The van der Waals surface area contributed by atoms with Crippen LogP contribution in [0.5, 0.6) is 0 Å². The first-order valence-electron chi connectivity index (χ1n) is 3.39. The van der Waals surface area contributed by atoms with Crippen molar-refractivity contribution in [1.29, 1.82) is 0 Å². The fourth-order valence-corrected chi connectivity index (χ4v) is 1.52. The van der Waals surface area contributed by atoms with Gasteiger partial charge < -0.3 is 0 Å². The van der Waals surface area contributed by atoms with Gasteiger partial charge in [-0.15, -0.1) is 0 Å². The maximum Gasteiger partial charge on any atom is 0.359 e. The highest BCUT2D eigenvalue weighted by Crippen LogP contribution is 2.15. The SMILES string of the molecule is O=S(=O)(OC(F)F)c1ccc(F)cc1. The largest absolute Gasteiger partial charge is 0.359 e. The molecule has 0 radical (unpaired) electrons. The zero-order chi connectivity index (χ0) is 10.8. The molecule has 0 saturated carbocycles. The van der Waals surface area contributed by atoms with E-state index >= 15 is 0 Å². The van der Waals surface area contributed by atoms with Crippen molar-refractivity contribution in [3.8, 4) is 0 Å². The van der Waals surface area contributed by atoms with E-state index < -0.39 is 27.4 Å². The van der Waals surface area contributed by atoms with Gasteiger partial charge in [0.05, 0.1) is 4.90 Å². The Balaban J connectivity index is 2.99. The van der Waals surface area contributed by atoms with E-state index in [0.717, 1.165) is 24.3 Å². The summed E-state index contributed by atoms with van der Waals surface area (Å²) in [4.78, 5) is -0.515. The highest BCUT2D eigenvalue weighted by Gasteiger charge is 2.20. The molecule has 0 aliphatic rings. The number of halogens is 3. The molecule has 0 aliphatic carbocycles. The first-order valence-corrected chi connectivity index (χ1v) is 4.79. The average Bonchev–Trinajstić information content (AvgIpc) is 2.02. The van der Waals surface area contributed by atoms with Crippen molar-refractivity contribution in [2.75, 3.05) is 0 Å². The smallest absolute Gasteiger partial charge is 0.207 e. The highest BCUT2D eigenvalue weighted by molar-refractivity contribution is 7.86. The molecule has 0 unspecified atom stereocenters. The molecule has 0 aliphatic heterocycles. The van der Waals surface area contributed by atoms with Crippen molar-refractivity contribution in [3.05, 3.63) is 30.1 Å². The number of alkyl halides is 2. The van der Waals surface area contributed by atoms with Crippen molar-refractivity contribution in [2.24, 2.45) is 0 Å². The minimum Gasteiger partial charge on any atom is -0.207 e. The second-order valence-electron chi connectivity index (χ2n) is 2.26. The monoisotopic (exact) mass is 226 g/mol. The molecule has 0 N–H and O–H groups in total. The Labute approximate surface area is 78.2 Å². The minimum absolute atomic E-state index is 0.515. The van der Waals surface area contributed by atoms with E-state index in [4.69, 9.17) is 0 Å². The van der Waals surface area contributed by atoms with Crippen molar-refractivity contribution < 1.29 is 25.8 Å². The number of hydrogen-bond acceptors (Lipinski definition) is 3. The summed E-state index contributed by atoms with van der Waals surface area (Å²) in [6.45, 7) is -3.43. The Morgan fingerprint density at radius 2 is 1.64 bits per heavy atom. The third-order valence-electron chi connectivity index (χ3n) is 1.30. The third kappa shape index (κ3) is 2.71. The molecule has 0 fully saturated rings. The van der Waals surface area contributed by atoms with Crippen LogP contribution in [-0.4, -0.2) is 15.0 Å². The Morgan fingerprint density at radius 3 is 2.07 bits per heavy atom. The summed E-state index contributed by atoms with van der Waals surface area (Å²) in [6, 6.07) is 3.35. The molecule has 0 bridgehead atoms. The fraction of sp³-hybridized carbons (Fsp3) is 0.143. The van der Waals surface area contributed by atoms with E-state index in [9.17, 15) is 21.6 Å². The molecule has 0 spiro atoms. The molecule has 1 aromatic carbocycles. The van der Waals surface area contributed by atoms with Gasteiger partial charge in [0, 0.05) is 0 Å². The summed E-state index contributed by atoms with van der Waals surface area (Å²) in [6.07, 6.45) is 0. The molecule has 14 heavy (non-hydrogen) atoms. The maximum atomic E-state index is 12.4. The van der Waals surface area contributed by atoms with Crippen molar-refractivity contribution in [1.82, 2.24) is 0 Å². The van der Waals surface area contributed by atoms with E-state index in [2.05, 4.69) is 4.18 Å². The van der Waals surface area contributed by atoms with Crippen molar-refractivity contribution in [2.45, 2.75) is 11.5 Å². The lowest BCUT2D eigenvalue weighted by Crippen LogP contribution is -2.10. The van der Waals surface area contributed by atoms with Crippen molar-refractivity contribution in [3.63, 3.8) is 0 Å². The van der Waals surface area contributed by atoms with Crippen LogP contribution in [0.1, 0.15) is 0 Å². The van der Waals surface area contributed by atoms with Gasteiger partial charge in [-0.25, -0.2) is 4.39 Å². The fourth-order valence-electron chi connectivity index (χ4n) is 0.753. The first-order chi connectivity index (χ1) is 6.42. The molecule has 1 aromatic rings. The van der Waals surface area contributed by atoms with Gasteiger partial charge in [-0.05, 0) is 24.3 Å². The highest BCUT2D eigenvalue weighted by atomic mass is 32.2. The first kappa shape index (κ1) is 11.0. The van der Waals surface area contributed by atoms with Gasteiger partial charge >= 0.3 is 16.7 Å². The molecule has 0 heterocycles. The molecular weight excluding hydrogens is 221 g/mol. The standard InChI is InChI=1S/C7H5F3O3S/c8-5-1-3-6(4-2-5)14(11,12)13-7(9)10/h1-4,7H. The van der Waals surface area contributed by atoms with E-state index in [-0.39, 0.29) is 0 Å². The summed E-state index contributed by atoms with van der Waals surface area (Å²) in [5, 5.41) is 0. The van der Waals surface area contributed by atoms with Gasteiger partial charge in [-0.2, -0.15) is 21.4 Å². The summed E-state index contributed by atoms with van der Waals surface area (Å²) in [5.74, 6) is -0.666. The van der Waals surface area contributed by atoms with Crippen LogP contribution in [0.25, 0.3) is 0 Å². The van der Waals surface area contributed by atoms with Crippen LogP contribution < -0.4 is 0 Å². The molecule has 0 saturated heterocycles. The van der Waals surface area contributed by atoms with Crippen molar-refractivity contribution >= 4 is 10.1 Å². The predicted molar refractivity (Wildman–Crippen MR) is 40.7 cm³/mol. The maximum absolute atomic E-state index is 12.4. The molecule has 78 valence electrons. The normalized spacial score (nSPS) is 12.0. The summed E-state index contributed by atoms with van der Waals surface area (Å²) in [7, 11) is -4.49. The average molecular weight is 226 g/mol. The zero-order valence-electron chi connectivity index (χ0n) is 6.65. The number of hydrogen-bond donors (Lipinski definition) is 0. The van der Waals surface area contributed by atoms with E-state index in [1.165, 1.54) is 0 Å². The molecule has 0 atom stereocenters. The number of benzene rings is 1. The van der Waals surface area contributed by atoms with Crippen LogP contribution in [0, 0.1) is 5.82 Å². The topological polar surface area (TPSA) is 43.4 Å². The quantitative estimate of drug-likeness (QED) is 0.737. The number of rotatable bonds is 3. The van der Waals surface area contributed by atoms with E-state index in [1.54, 1.807) is 0 Å². The Kier molecular flexibility index (Phi) is 3.12. The Morgan fingerprint density at radius 1 is 1.14 bits per heavy atom. The summed E-state index contributed by atoms with van der Waals surface area (Å²) >= 11 is 0. The van der Waals surface area contributed by atoms with E-state index in [1.807, 2.05) is 0 Å². The van der Waals surface area contributed by atoms with E-state index in [0.29, 0.717) is 0 Å². The van der Waals surface area contributed by atoms with Gasteiger partial charge in [0.2, 0.25) is 0 Å². The van der Waals surface area contributed by atoms with Crippen LogP contribution in [0.15, 0.2) is 29.2 Å². The van der Waals surface area contributed by atoms with Crippen LogP contribution in [0.3, 0.4) is 0 Å². The molecule has 0 amide bonds. The second kappa shape index (κ2) is 3.97. The molecule has 1 rings (SSSR count). The van der Waals surface area contributed by atoms with Crippen LogP contribution in [-0.2, 0) is 14.3 Å². The lowest BCUT2D eigenvalue weighted by Gasteiger charge is -2.03. The zero-order valence-corrected chi connectivity index (χ0v) is 7.47. The second-order valence-corrected chi connectivity index (χ2v) is 3.84. The van der Waals surface area contributed by atoms with Crippen LogP contribution in [0.4, 0.5) is 13.2 Å². The lowest BCUT2D eigenvalue weighted by molar-refractivity contribution is -0.0445. The Bertz CT molecular complexity index is 399. The minimum atomic E-state index is -4.49. The predicted octanol–water partition coefficient (Wildman–Crippen LogP) is 1.75. The van der Waals surface area contributed by atoms with Gasteiger partial charge in [0.1, 0.15) is 5.82 Å². The molecular formula is C7H5F3O3S. The van der Waals surface area contributed by atoms with Crippen LogP contribution in [0.2, 0.25) is 0 Å². The van der Waals surface area contributed by atoms with Gasteiger partial charge in [0.25, 0.3) is 0 Å². The summed E-state index contributed by atoms with van der Waals surface area (Å²) in [5.41, 5.74) is 0. The van der Waals surface area contributed by atoms with Gasteiger partial charge in [0.15, 0.2) is 0 Å². The molecule has 7 heteroatoms. The van der Waals surface area contributed by atoms with Gasteiger partial charge in [-0.3, -0.25) is 0 Å². The van der Waals surface area contributed by atoms with Crippen LogP contribution >= 0.6 is 0 Å². The lowest BCUT2D eigenvalue weighted by atomic mass is 10.4. The summed E-state index contributed by atoms with van der Waals surface area (Å²) < 4.78 is 60.8. The Hall–Kier alpha value is -1.08. The molecule has 3 nitrogen and oxygen atoms in total. The van der Waals surface area contributed by atoms with Gasteiger partial charge in [-0.1, -0.05) is 0 Å².